The van der Waals surface area contributed by atoms with Crippen molar-refractivity contribution in [3.63, 3.8) is 0 Å². The third kappa shape index (κ3) is 2.71. The summed E-state index contributed by atoms with van der Waals surface area (Å²) in [5, 5.41) is 8.57. The van der Waals surface area contributed by atoms with Crippen LogP contribution in [0.15, 0.2) is 0 Å². The van der Waals surface area contributed by atoms with Crippen molar-refractivity contribution in [1.82, 2.24) is 9.80 Å². The van der Waals surface area contributed by atoms with Gasteiger partial charge in [0, 0.05) is 39.1 Å². The molecule has 1 heterocycles. The smallest absolute Gasteiger partial charge is 0.219 e. The molecule has 0 N–H and O–H groups in total. The molecular formula is C10H17N3O. The minimum atomic E-state index is 0.151. The third-order valence-corrected chi connectivity index (χ3v) is 2.77. The minimum Gasteiger partial charge on any atom is -0.340 e. The van der Waals surface area contributed by atoms with Crippen LogP contribution in [0.3, 0.4) is 0 Å². The predicted octanol–water partition coefficient (Wildman–Crippen LogP) is 0.453. The quantitative estimate of drug-likeness (QED) is 0.643. The predicted molar refractivity (Wildman–Crippen MR) is 53.5 cm³/mol. The zero-order valence-corrected chi connectivity index (χ0v) is 8.86. The lowest BCUT2D eigenvalue weighted by atomic mass is 10.2. The number of nitriles is 1. The Balaban J connectivity index is 2.36. The molecule has 0 aromatic rings. The van der Waals surface area contributed by atoms with Crippen LogP contribution >= 0.6 is 0 Å². The summed E-state index contributed by atoms with van der Waals surface area (Å²) in [4.78, 5) is 15.2. The number of amides is 1. The van der Waals surface area contributed by atoms with E-state index >= 15 is 0 Å². The molecule has 4 nitrogen and oxygen atoms in total. The molecule has 1 rings (SSSR count). The molecule has 0 radical (unpaired) electrons. The van der Waals surface area contributed by atoms with E-state index in [2.05, 4.69) is 17.9 Å². The van der Waals surface area contributed by atoms with E-state index in [1.54, 1.807) is 6.92 Å². The molecule has 0 spiro atoms. The van der Waals surface area contributed by atoms with Crippen LogP contribution in [-0.2, 0) is 4.79 Å². The van der Waals surface area contributed by atoms with E-state index in [1.807, 2.05) is 4.90 Å². The number of rotatable bonds is 2. The summed E-state index contributed by atoms with van der Waals surface area (Å²) < 4.78 is 0. The van der Waals surface area contributed by atoms with Gasteiger partial charge in [0.1, 0.15) is 0 Å². The van der Waals surface area contributed by atoms with Gasteiger partial charge in [0.05, 0.1) is 12.5 Å². The van der Waals surface area contributed by atoms with Gasteiger partial charge in [0.15, 0.2) is 0 Å². The first kappa shape index (κ1) is 11.0. The Hall–Kier alpha value is -1.08. The van der Waals surface area contributed by atoms with Crippen LogP contribution in [0.4, 0.5) is 0 Å². The van der Waals surface area contributed by atoms with Crippen LogP contribution < -0.4 is 0 Å². The number of carbonyl (C=O) groups excluding carboxylic acids is 1. The van der Waals surface area contributed by atoms with Gasteiger partial charge in [0.25, 0.3) is 0 Å². The molecule has 1 aliphatic rings. The average molecular weight is 195 g/mol. The van der Waals surface area contributed by atoms with Crippen molar-refractivity contribution in [3.8, 4) is 6.07 Å². The third-order valence-electron chi connectivity index (χ3n) is 2.77. The van der Waals surface area contributed by atoms with Gasteiger partial charge in [-0.25, -0.2) is 0 Å². The van der Waals surface area contributed by atoms with E-state index in [0.29, 0.717) is 12.5 Å². The molecular weight excluding hydrogens is 178 g/mol. The highest BCUT2D eigenvalue weighted by atomic mass is 16.2. The second-order valence-electron chi connectivity index (χ2n) is 3.75. The van der Waals surface area contributed by atoms with Crippen molar-refractivity contribution in [3.05, 3.63) is 0 Å². The van der Waals surface area contributed by atoms with E-state index < -0.39 is 0 Å². The highest BCUT2D eigenvalue weighted by Crippen LogP contribution is 2.08. The first-order valence-corrected chi connectivity index (χ1v) is 5.01. The lowest BCUT2D eigenvalue weighted by molar-refractivity contribution is -0.130. The van der Waals surface area contributed by atoms with E-state index in [0.717, 1.165) is 26.2 Å². The second-order valence-corrected chi connectivity index (χ2v) is 3.75. The Kier molecular flexibility index (Phi) is 3.90. The summed E-state index contributed by atoms with van der Waals surface area (Å²) in [7, 11) is 0. The molecule has 1 atom stereocenters. The molecule has 0 saturated carbocycles. The van der Waals surface area contributed by atoms with Crippen LogP contribution in [-0.4, -0.2) is 47.9 Å². The van der Waals surface area contributed by atoms with E-state index in [9.17, 15) is 4.79 Å². The summed E-state index contributed by atoms with van der Waals surface area (Å²) in [6.07, 6.45) is 0.570. The van der Waals surface area contributed by atoms with Gasteiger partial charge in [-0.3, -0.25) is 9.69 Å². The Morgan fingerprint density at radius 3 is 2.43 bits per heavy atom. The standard InChI is InChI=1S/C10H17N3O/c1-9(3-4-11)12-5-7-13(8-6-12)10(2)14/h9H,3,5-8H2,1-2H3. The Labute approximate surface area is 85.1 Å². The zero-order valence-electron chi connectivity index (χ0n) is 8.86. The van der Waals surface area contributed by atoms with Crippen LogP contribution in [0.25, 0.3) is 0 Å². The molecule has 78 valence electrons. The number of piperazine rings is 1. The van der Waals surface area contributed by atoms with E-state index in [-0.39, 0.29) is 5.91 Å². The van der Waals surface area contributed by atoms with Gasteiger partial charge in [-0.2, -0.15) is 5.26 Å². The molecule has 0 aromatic heterocycles. The summed E-state index contributed by atoms with van der Waals surface area (Å²) in [6, 6.07) is 2.49. The van der Waals surface area contributed by atoms with Gasteiger partial charge in [-0.1, -0.05) is 0 Å². The molecule has 1 saturated heterocycles. The first-order valence-electron chi connectivity index (χ1n) is 5.01. The molecule has 1 aliphatic heterocycles. The van der Waals surface area contributed by atoms with Gasteiger partial charge in [-0.05, 0) is 6.92 Å². The van der Waals surface area contributed by atoms with E-state index in [4.69, 9.17) is 5.26 Å². The Bertz CT molecular complexity index is 238. The number of carbonyl (C=O) groups is 1. The van der Waals surface area contributed by atoms with Gasteiger partial charge in [0.2, 0.25) is 5.91 Å². The normalized spacial score (nSPS) is 20.2. The van der Waals surface area contributed by atoms with Crippen molar-refractivity contribution in [2.45, 2.75) is 26.3 Å². The molecule has 14 heavy (non-hydrogen) atoms. The van der Waals surface area contributed by atoms with Gasteiger partial charge in [-0.15, -0.1) is 0 Å². The SMILES string of the molecule is CC(=O)N1CCN(C(C)CC#N)CC1. The Morgan fingerprint density at radius 2 is 2.00 bits per heavy atom. The van der Waals surface area contributed by atoms with E-state index in [1.165, 1.54) is 0 Å². The Morgan fingerprint density at radius 1 is 1.43 bits per heavy atom. The summed E-state index contributed by atoms with van der Waals surface area (Å²) in [5.41, 5.74) is 0. The van der Waals surface area contributed by atoms with Crippen molar-refractivity contribution < 1.29 is 4.79 Å². The monoisotopic (exact) mass is 195 g/mol. The fourth-order valence-corrected chi connectivity index (χ4v) is 1.74. The number of nitrogens with zero attached hydrogens (tertiary/aromatic N) is 3. The van der Waals surface area contributed by atoms with Crippen molar-refractivity contribution in [2.24, 2.45) is 0 Å². The van der Waals surface area contributed by atoms with Crippen LogP contribution in [0.5, 0.6) is 0 Å². The lowest BCUT2D eigenvalue weighted by Crippen LogP contribution is -2.50. The molecule has 1 fully saturated rings. The van der Waals surface area contributed by atoms with Gasteiger partial charge < -0.3 is 4.90 Å². The largest absolute Gasteiger partial charge is 0.340 e. The fraction of sp³-hybridized carbons (Fsp3) is 0.800. The molecule has 0 aromatic carbocycles. The molecule has 0 aliphatic carbocycles. The lowest BCUT2D eigenvalue weighted by Gasteiger charge is -2.36. The average Bonchev–Trinajstić information content (AvgIpc) is 2.18. The summed E-state index contributed by atoms with van der Waals surface area (Å²) in [5.74, 6) is 0.151. The molecule has 1 unspecified atom stereocenters. The first-order chi connectivity index (χ1) is 6.65. The molecule has 0 bridgehead atoms. The van der Waals surface area contributed by atoms with Crippen molar-refractivity contribution >= 4 is 5.91 Å². The van der Waals surface area contributed by atoms with Crippen LogP contribution in [0.1, 0.15) is 20.3 Å². The molecule has 1 amide bonds. The zero-order chi connectivity index (χ0) is 10.6. The van der Waals surface area contributed by atoms with Crippen molar-refractivity contribution in [2.75, 3.05) is 26.2 Å². The topological polar surface area (TPSA) is 47.3 Å². The fourth-order valence-electron chi connectivity index (χ4n) is 1.74. The van der Waals surface area contributed by atoms with Crippen LogP contribution in [0, 0.1) is 11.3 Å². The van der Waals surface area contributed by atoms with Crippen LogP contribution in [0.2, 0.25) is 0 Å². The highest BCUT2D eigenvalue weighted by molar-refractivity contribution is 5.73. The maximum atomic E-state index is 11.1. The molecule has 4 heteroatoms. The second kappa shape index (κ2) is 4.97. The summed E-state index contributed by atoms with van der Waals surface area (Å²) >= 11 is 0. The number of hydrogen-bond acceptors (Lipinski definition) is 3. The summed E-state index contributed by atoms with van der Waals surface area (Å²) in [6.45, 7) is 7.04. The highest BCUT2D eigenvalue weighted by Gasteiger charge is 2.21. The number of hydrogen-bond donors (Lipinski definition) is 0. The van der Waals surface area contributed by atoms with Crippen molar-refractivity contribution in [1.29, 1.82) is 5.26 Å². The van der Waals surface area contributed by atoms with Gasteiger partial charge >= 0.3 is 0 Å². The maximum absolute atomic E-state index is 11.1. The maximum Gasteiger partial charge on any atom is 0.219 e. The minimum absolute atomic E-state index is 0.151.